The molecule has 0 saturated carbocycles. The number of thiophene rings is 2. The van der Waals surface area contributed by atoms with E-state index in [-0.39, 0.29) is 24.4 Å². The number of carboxylic acids is 2. The highest BCUT2D eigenvalue weighted by Crippen LogP contribution is 2.38. The molecule has 0 aliphatic carbocycles. The van der Waals surface area contributed by atoms with Crippen molar-refractivity contribution < 1.29 is 48.3 Å². The Morgan fingerprint density at radius 1 is 0.622 bits per heavy atom. The van der Waals surface area contributed by atoms with Gasteiger partial charge in [0.2, 0.25) is 0 Å². The highest BCUT2D eigenvalue weighted by molar-refractivity contribution is 7.21. The van der Waals surface area contributed by atoms with Gasteiger partial charge in [-0.1, -0.05) is 13.8 Å². The molecule has 2 heterocycles. The van der Waals surface area contributed by atoms with Crippen LogP contribution in [0.15, 0.2) is 36.4 Å². The number of hydrogen-bond donors (Lipinski definition) is 2. The van der Waals surface area contributed by atoms with Crippen LogP contribution in [-0.2, 0) is 9.59 Å². The highest BCUT2D eigenvalue weighted by Gasteiger charge is 2.21. The van der Waals surface area contributed by atoms with Crippen molar-refractivity contribution in [1.29, 1.82) is 0 Å². The van der Waals surface area contributed by atoms with Crippen LogP contribution in [0.4, 0.5) is 0 Å². The largest absolute Gasteiger partial charge is 0.493 e. The summed E-state index contributed by atoms with van der Waals surface area (Å²) < 4.78 is 24.7. The Bertz CT molecular complexity index is 1580. The summed E-state index contributed by atoms with van der Waals surface area (Å²) in [7, 11) is 3.11. The number of aliphatic carboxylic acids is 2. The van der Waals surface area contributed by atoms with Gasteiger partial charge in [0.15, 0.2) is 34.6 Å². The molecule has 2 N–H and O–H groups in total. The molecule has 240 valence electrons. The summed E-state index contributed by atoms with van der Waals surface area (Å²) in [4.78, 5) is 48.4. The maximum Gasteiger partial charge on any atom is 0.306 e. The van der Waals surface area contributed by atoms with Gasteiger partial charge in [-0.3, -0.25) is 19.2 Å². The molecule has 10 nitrogen and oxygen atoms in total. The van der Waals surface area contributed by atoms with Gasteiger partial charge in [0.25, 0.3) is 0 Å². The van der Waals surface area contributed by atoms with Gasteiger partial charge >= 0.3 is 11.9 Å². The van der Waals surface area contributed by atoms with Crippen LogP contribution in [0.25, 0.3) is 20.2 Å². The number of carbonyl (C=O) groups is 4. The van der Waals surface area contributed by atoms with Crippen LogP contribution in [0.5, 0.6) is 23.0 Å². The predicted octanol–water partition coefficient (Wildman–Crippen LogP) is 7.35. The summed E-state index contributed by atoms with van der Waals surface area (Å²) in [6, 6.07) is 10.9. The quantitative estimate of drug-likeness (QED) is 0.0823. The minimum atomic E-state index is -0.997. The van der Waals surface area contributed by atoms with E-state index >= 15 is 0 Å². The Hall–Kier alpha value is -4.16. The van der Waals surface area contributed by atoms with Gasteiger partial charge in [0.05, 0.1) is 49.0 Å². The van der Waals surface area contributed by atoms with Crippen molar-refractivity contribution in [1.82, 2.24) is 0 Å². The molecule has 0 saturated heterocycles. The molecule has 0 spiro atoms. The molecule has 45 heavy (non-hydrogen) atoms. The summed E-state index contributed by atoms with van der Waals surface area (Å²) in [6.45, 7) is 3.95. The van der Waals surface area contributed by atoms with Crippen molar-refractivity contribution >= 4 is 66.4 Å². The number of fused-ring (bicyclic) bond motifs is 2. The van der Waals surface area contributed by atoms with E-state index in [0.717, 1.165) is 39.4 Å². The van der Waals surface area contributed by atoms with E-state index in [4.69, 9.17) is 29.2 Å². The molecular formula is C33H36O10S2. The van der Waals surface area contributed by atoms with Crippen LogP contribution in [0, 0.1) is 11.8 Å². The van der Waals surface area contributed by atoms with E-state index in [2.05, 4.69) is 0 Å². The first-order valence-corrected chi connectivity index (χ1v) is 16.1. The number of hydrogen-bond acceptors (Lipinski definition) is 10. The number of Topliss-reactive ketones (excluding diaryl/α,β-unsaturated/α-hetero) is 2. The van der Waals surface area contributed by atoms with Gasteiger partial charge in [-0.25, -0.2) is 0 Å². The lowest BCUT2D eigenvalue weighted by Gasteiger charge is -2.12. The van der Waals surface area contributed by atoms with Crippen LogP contribution in [0.1, 0.15) is 65.3 Å². The summed E-state index contributed by atoms with van der Waals surface area (Å²) in [6.07, 6.45) is 2.27. The number of methoxy groups -OCH3 is 2. The Morgan fingerprint density at radius 3 is 1.47 bits per heavy atom. The van der Waals surface area contributed by atoms with Crippen molar-refractivity contribution in [2.24, 2.45) is 11.8 Å². The topological polar surface area (TPSA) is 146 Å². The van der Waals surface area contributed by atoms with E-state index in [1.54, 1.807) is 26.4 Å². The Balaban J connectivity index is 1.28. The van der Waals surface area contributed by atoms with Crippen LogP contribution in [-0.4, -0.2) is 61.2 Å². The number of ketones is 2. The molecule has 0 fully saturated rings. The molecular weight excluding hydrogens is 620 g/mol. The van der Waals surface area contributed by atoms with Crippen LogP contribution in [0.2, 0.25) is 0 Å². The van der Waals surface area contributed by atoms with Crippen molar-refractivity contribution in [3.05, 3.63) is 46.2 Å². The van der Waals surface area contributed by atoms with Crippen LogP contribution < -0.4 is 18.9 Å². The predicted molar refractivity (Wildman–Crippen MR) is 173 cm³/mol. The van der Waals surface area contributed by atoms with Crippen molar-refractivity contribution in [2.75, 3.05) is 27.4 Å². The second-order valence-electron chi connectivity index (χ2n) is 10.8. The Morgan fingerprint density at radius 2 is 1.02 bits per heavy atom. The zero-order chi connectivity index (χ0) is 32.7. The minimum absolute atomic E-state index is 0.0562. The zero-order valence-corrected chi connectivity index (χ0v) is 27.2. The standard InChI is InChI=1S/C33H36O10S2/c1-18(32(36)37)10-22(34)30-14-20-12-24(40-3)27(17-29(20)45-30)43-9-7-5-6-8-42-26-13-21-15-31(23(35)11-19(2)33(38)39)44-28(21)16-25(26)41-4/h12-19H,5-11H2,1-4H3,(H,36,37)(H,38,39)/t18-,19-/m0/s1. The average molecular weight is 657 g/mol. The third-order valence-electron chi connectivity index (χ3n) is 7.28. The van der Waals surface area contributed by atoms with E-state index in [1.807, 2.05) is 24.3 Å². The Kier molecular flexibility index (Phi) is 11.4. The molecule has 0 aliphatic rings. The number of rotatable bonds is 18. The van der Waals surface area contributed by atoms with E-state index in [0.29, 0.717) is 46.0 Å². The summed E-state index contributed by atoms with van der Waals surface area (Å²) >= 11 is 2.61. The lowest BCUT2D eigenvalue weighted by atomic mass is 10.0. The first kappa shape index (κ1) is 33.7. The fourth-order valence-corrected chi connectivity index (χ4v) is 6.63. The molecule has 2 aromatic carbocycles. The van der Waals surface area contributed by atoms with Gasteiger partial charge in [-0.2, -0.15) is 0 Å². The molecule has 0 amide bonds. The maximum absolute atomic E-state index is 12.6. The van der Waals surface area contributed by atoms with Crippen molar-refractivity contribution in [3.8, 4) is 23.0 Å². The molecule has 12 heteroatoms. The third kappa shape index (κ3) is 8.52. The first-order chi connectivity index (χ1) is 21.5. The lowest BCUT2D eigenvalue weighted by Crippen LogP contribution is -2.13. The van der Waals surface area contributed by atoms with E-state index in [1.165, 1.54) is 36.5 Å². The summed E-state index contributed by atoms with van der Waals surface area (Å²) in [5, 5.41) is 19.9. The van der Waals surface area contributed by atoms with E-state index in [9.17, 15) is 19.2 Å². The highest BCUT2D eigenvalue weighted by atomic mass is 32.1. The summed E-state index contributed by atoms with van der Waals surface area (Å²) in [5.41, 5.74) is 0. The summed E-state index contributed by atoms with van der Waals surface area (Å²) in [5.74, 6) is -1.64. The fraction of sp³-hybridized carbons (Fsp3) is 0.394. The van der Waals surface area contributed by atoms with E-state index < -0.39 is 23.8 Å². The minimum Gasteiger partial charge on any atom is -0.493 e. The first-order valence-electron chi connectivity index (χ1n) is 14.5. The van der Waals surface area contributed by atoms with Crippen molar-refractivity contribution in [3.63, 3.8) is 0 Å². The maximum atomic E-state index is 12.6. The molecule has 0 bridgehead atoms. The molecule has 2 atom stereocenters. The molecule has 0 unspecified atom stereocenters. The SMILES string of the molecule is COc1cc2sc(C(=O)C[C@H](C)C(=O)O)cc2cc1OCCCCCOc1cc2sc(C(=O)C[C@H](C)C(=O)O)cc2cc1OC. The number of carboxylic acid groups (broad SMARTS) is 2. The van der Waals surface area contributed by atoms with Gasteiger partial charge in [0.1, 0.15) is 0 Å². The molecule has 2 aromatic heterocycles. The lowest BCUT2D eigenvalue weighted by molar-refractivity contribution is -0.141. The second kappa shape index (κ2) is 15.2. The zero-order valence-electron chi connectivity index (χ0n) is 25.5. The number of benzene rings is 2. The van der Waals surface area contributed by atoms with Crippen LogP contribution >= 0.6 is 22.7 Å². The molecule has 0 radical (unpaired) electrons. The van der Waals surface area contributed by atoms with Gasteiger partial charge in [0, 0.05) is 34.4 Å². The second-order valence-corrected chi connectivity index (χ2v) is 13.0. The Labute approximate surface area is 268 Å². The third-order valence-corrected chi connectivity index (χ3v) is 9.56. The normalized spacial score (nSPS) is 12.5. The average Bonchev–Trinajstić information content (AvgIpc) is 3.63. The number of ether oxygens (including phenoxy) is 4. The molecule has 0 aliphatic heterocycles. The molecule has 4 aromatic rings. The monoisotopic (exact) mass is 656 g/mol. The number of unbranched alkanes of at least 4 members (excludes halogenated alkanes) is 2. The van der Waals surface area contributed by atoms with Crippen molar-refractivity contribution in [2.45, 2.75) is 46.0 Å². The van der Waals surface area contributed by atoms with Gasteiger partial charge in [-0.15, -0.1) is 22.7 Å². The smallest absolute Gasteiger partial charge is 0.306 e. The number of carbonyl (C=O) groups excluding carboxylic acids is 2. The fourth-order valence-electron chi connectivity index (χ4n) is 4.59. The van der Waals surface area contributed by atoms with Crippen LogP contribution in [0.3, 0.4) is 0 Å². The van der Waals surface area contributed by atoms with Gasteiger partial charge in [-0.05, 0) is 54.3 Å². The molecule has 4 rings (SSSR count). The van der Waals surface area contributed by atoms with Gasteiger partial charge < -0.3 is 29.2 Å².